The molecular formula is C23H34N2O4. The monoisotopic (exact) mass is 402 g/mol. The van der Waals surface area contributed by atoms with Crippen LogP contribution in [-0.2, 0) is 41.6 Å². The summed E-state index contributed by atoms with van der Waals surface area (Å²) in [5.41, 5.74) is 7.45. The van der Waals surface area contributed by atoms with Gasteiger partial charge >= 0.3 is 11.9 Å². The molecule has 2 rings (SSSR count). The van der Waals surface area contributed by atoms with Gasteiger partial charge in [0.2, 0.25) is 0 Å². The molecule has 160 valence electrons. The van der Waals surface area contributed by atoms with Crippen LogP contribution in [0.3, 0.4) is 0 Å². The molecule has 0 bridgehead atoms. The van der Waals surface area contributed by atoms with Gasteiger partial charge in [0.1, 0.15) is 11.4 Å². The summed E-state index contributed by atoms with van der Waals surface area (Å²) in [6, 6.07) is 0. The van der Waals surface area contributed by atoms with E-state index in [2.05, 4.69) is 37.7 Å². The number of carbonyl (C=O) groups excluding carboxylic acids is 2. The van der Waals surface area contributed by atoms with E-state index in [0.29, 0.717) is 31.0 Å². The first-order valence-corrected chi connectivity index (χ1v) is 10.8. The SMILES string of the molecule is CCOC(=O)c1[nH]c(Cc2[nH]c(C(=O)OCC)c(CC)c2CC)c(CC)c1CC. The number of aromatic nitrogens is 2. The third-order valence-electron chi connectivity index (χ3n) is 5.34. The zero-order valence-corrected chi connectivity index (χ0v) is 18.6. The summed E-state index contributed by atoms with van der Waals surface area (Å²) in [6.45, 7) is 12.6. The lowest BCUT2D eigenvalue weighted by Gasteiger charge is -2.06. The van der Waals surface area contributed by atoms with E-state index in [1.807, 2.05) is 13.8 Å². The minimum Gasteiger partial charge on any atom is -0.461 e. The summed E-state index contributed by atoms with van der Waals surface area (Å²) in [5, 5.41) is 0. The smallest absolute Gasteiger partial charge is 0.355 e. The second-order valence-corrected chi connectivity index (χ2v) is 6.90. The summed E-state index contributed by atoms with van der Waals surface area (Å²) >= 11 is 0. The molecule has 0 spiro atoms. The van der Waals surface area contributed by atoms with Gasteiger partial charge < -0.3 is 19.4 Å². The first kappa shape index (κ1) is 22.8. The van der Waals surface area contributed by atoms with Crippen LogP contribution in [0.4, 0.5) is 0 Å². The van der Waals surface area contributed by atoms with Crippen LogP contribution in [0.15, 0.2) is 0 Å². The predicted octanol–water partition coefficient (Wildman–Crippen LogP) is 4.54. The van der Waals surface area contributed by atoms with Gasteiger partial charge in [-0.1, -0.05) is 27.7 Å². The van der Waals surface area contributed by atoms with Crippen molar-refractivity contribution in [1.29, 1.82) is 0 Å². The molecule has 29 heavy (non-hydrogen) atoms. The van der Waals surface area contributed by atoms with Crippen molar-refractivity contribution in [2.45, 2.75) is 73.6 Å². The maximum Gasteiger partial charge on any atom is 0.355 e. The predicted molar refractivity (Wildman–Crippen MR) is 114 cm³/mol. The molecule has 0 saturated heterocycles. The van der Waals surface area contributed by atoms with Gasteiger partial charge in [0.05, 0.1) is 13.2 Å². The second kappa shape index (κ2) is 10.3. The van der Waals surface area contributed by atoms with Crippen molar-refractivity contribution in [3.05, 3.63) is 45.0 Å². The van der Waals surface area contributed by atoms with Crippen molar-refractivity contribution in [3.8, 4) is 0 Å². The highest BCUT2D eigenvalue weighted by Crippen LogP contribution is 2.28. The first-order valence-electron chi connectivity index (χ1n) is 10.8. The first-order chi connectivity index (χ1) is 14.0. The molecule has 0 atom stereocenters. The average Bonchev–Trinajstić information content (AvgIpc) is 3.25. The van der Waals surface area contributed by atoms with E-state index in [4.69, 9.17) is 9.47 Å². The van der Waals surface area contributed by atoms with Crippen molar-refractivity contribution < 1.29 is 19.1 Å². The van der Waals surface area contributed by atoms with Gasteiger partial charge in [-0.3, -0.25) is 0 Å². The molecule has 0 aliphatic rings. The van der Waals surface area contributed by atoms with E-state index in [1.165, 1.54) is 0 Å². The van der Waals surface area contributed by atoms with Crippen LogP contribution >= 0.6 is 0 Å². The second-order valence-electron chi connectivity index (χ2n) is 6.90. The number of aromatic amines is 2. The Bertz CT molecular complexity index is 791. The van der Waals surface area contributed by atoms with Crippen LogP contribution in [0.5, 0.6) is 0 Å². The van der Waals surface area contributed by atoms with Crippen LogP contribution in [0.25, 0.3) is 0 Å². The molecule has 2 aromatic rings. The lowest BCUT2D eigenvalue weighted by atomic mass is 9.98. The van der Waals surface area contributed by atoms with Crippen LogP contribution in [0, 0.1) is 0 Å². The molecule has 0 aromatic carbocycles. The molecule has 0 unspecified atom stereocenters. The van der Waals surface area contributed by atoms with Gasteiger partial charge in [-0.2, -0.15) is 0 Å². The Morgan fingerprint density at radius 2 is 0.966 bits per heavy atom. The van der Waals surface area contributed by atoms with Crippen LogP contribution in [0.2, 0.25) is 0 Å². The highest BCUT2D eigenvalue weighted by Gasteiger charge is 2.25. The number of rotatable bonds is 10. The van der Waals surface area contributed by atoms with E-state index in [-0.39, 0.29) is 11.9 Å². The third-order valence-corrected chi connectivity index (χ3v) is 5.34. The molecule has 2 heterocycles. The molecule has 6 heteroatoms. The summed E-state index contributed by atoms with van der Waals surface area (Å²) in [7, 11) is 0. The normalized spacial score (nSPS) is 11.0. The zero-order chi connectivity index (χ0) is 21.6. The fraction of sp³-hybridized carbons (Fsp3) is 0.565. The highest BCUT2D eigenvalue weighted by molar-refractivity contribution is 5.90. The average molecular weight is 403 g/mol. The Hall–Kier alpha value is -2.50. The molecular weight excluding hydrogens is 368 g/mol. The Morgan fingerprint density at radius 1 is 0.621 bits per heavy atom. The molecule has 6 nitrogen and oxygen atoms in total. The minimum absolute atomic E-state index is 0.311. The van der Waals surface area contributed by atoms with E-state index in [9.17, 15) is 9.59 Å². The van der Waals surface area contributed by atoms with Crippen molar-refractivity contribution in [2.24, 2.45) is 0 Å². The minimum atomic E-state index is -0.311. The van der Waals surface area contributed by atoms with Gasteiger partial charge in [0.15, 0.2) is 0 Å². The maximum atomic E-state index is 12.4. The fourth-order valence-corrected chi connectivity index (χ4v) is 4.14. The molecule has 0 saturated carbocycles. The summed E-state index contributed by atoms with van der Waals surface area (Å²) in [5.74, 6) is -0.622. The van der Waals surface area contributed by atoms with E-state index < -0.39 is 0 Å². The number of nitrogens with one attached hydrogen (secondary N) is 2. The summed E-state index contributed by atoms with van der Waals surface area (Å²) in [6.07, 6.45) is 3.76. The number of hydrogen-bond donors (Lipinski definition) is 2. The molecule has 0 amide bonds. The third kappa shape index (κ3) is 4.57. The Morgan fingerprint density at radius 3 is 1.24 bits per heavy atom. The number of hydrogen-bond acceptors (Lipinski definition) is 4. The topological polar surface area (TPSA) is 84.2 Å². The van der Waals surface area contributed by atoms with Crippen molar-refractivity contribution in [2.75, 3.05) is 13.2 Å². The van der Waals surface area contributed by atoms with E-state index in [1.54, 1.807) is 0 Å². The van der Waals surface area contributed by atoms with Crippen LogP contribution in [-0.4, -0.2) is 35.1 Å². The van der Waals surface area contributed by atoms with Crippen molar-refractivity contribution in [3.63, 3.8) is 0 Å². The van der Waals surface area contributed by atoms with Gasteiger partial charge in [-0.15, -0.1) is 0 Å². The van der Waals surface area contributed by atoms with Gasteiger partial charge in [-0.25, -0.2) is 9.59 Å². The summed E-state index contributed by atoms with van der Waals surface area (Å²) in [4.78, 5) is 31.5. The van der Waals surface area contributed by atoms with Crippen molar-refractivity contribution in [1.82, 2.24) is 9.97 Å². The molecule has 2 N–H and O–H groups in total. The van der Waals surface area contributed by atoms with E-state index in [0.717, 1.165) is 59.3 Å². The van der Waals surface area contributed by atoms with Gasteiger partial charge in [0.25, 0.3) is 0 Å². The number of esters is 2. The largest absolute Gasteiger partial charge is 0.461 e. The lowest BCUT2D eigenvalue weighted by Crippen LogP contribution is -2.08. The van der Waals surface area contributed by atoms with Crippen LogP contribution < -0.4 is 0 Å². The maximum absolute atomic E-state index is 12.4. The number of ether oxygens (including phenoxy) is 2. The zero-order valence-electron chi connectivity index (χ0n) is 18.6. The highest BCUT2D eigenvalue weighted by atomic mass is 16.5. The number of H-pyrrole nitrogens is 2. The molecule has 2 aromatic heterocycles. The standard InChI is InChI=1S/C23H34N2O4/c1-7-14-16(9-3)20(22(26)28-11-5)24-18(14)13-19-15(8-2)17(10-4)21(25-19)23(27)29-12-6/h24-25H,7-13H2,1-6H3. The number of carbonyl (C=O) groups is 2. The quantitative estimate of drug-likeness (QED) is 0.572. The molecule has 0 fully saturated rings. The van der Waals surface area contributed by atoms with Gasteiger partial charge in [0, 0.05) is 17.8 Å². The van der Waals surface area contributed by atoms with Crippen molar-refractivity contribution >= 4 is 11.9 Å². The Kier molecular flexibility index (Phi) is 8.11. The van der Waals surface area contributed by atoms with Crippen LogP contribution in [0.1, 0.15) is 96.2 Å². The molecule has 0 aliphatic carbocycles. The fourth-order valence-electron chi connectivity index (χ4n) is 4.14. The lowest BCUT2D eigenvalue weighted by molar-refractivity contribution is 0.0509. The Labute approximate surface area is 173 Å². The van der Waals surface area contributed by atoms with Gasteiger partial charge in [-0.05, 0) is 61.8 Å². The Balaban J connectivity index is 2.53. The molecule has 0 radical (unpaired) electrons. The molecule has 0 aliphatic heterocycles. The summed E-state index contributed by atoms with van der Waals surface area (Å²) < 4.78 is 10.5. The van der Waals surface area contributed by atoms with E-state index >= 15 is 0 Å².